The fourth-order valence-corrected chi connectivity index (χ4v) is 2.79. The summed E-state index contributed by atoms with van der Waals surface area (Å²) in [4.78, 5) is 25.0. The van der Waals surface area contributed by atoms with Crippen molar-refractivity contribution in [1.29, 1.82) is 0 Å². The minimum Gasteiger partial charge on any atom is -0.490 e. The van der Waals surface area contributed by atoms with Gasteiger partial charge in [-0.15, -0.1) is 0 Å². The molecule has 0 radical (unpaired) electrons. The first-order chi connectivity index (χ1) is 14.1. The number of amides is 2. The highest BCUT2D eigenvalue weighted by molar-refractivity contribution is 6.07. The fourth-order valence-electron chi connectivity index (χ4n) is 2.79. The molecule has 0 aliphatic carbocycles. The lowest BCUT2D eigenvalue weighted by atomic mass is 10.1. The number of rotatable bonds is 7. The van der Waals surface area contributed by atoms with E-state index in [9.17, 15) is 14.0 Å². The first kappa shape index (κ1) is 20.1. The second kappa shape index (κ2) is 9.50. The Morgan fingerprint density at radius 3 is 2.28 bits per heavy atom. The number of nitrogens with one attached hydrogen (secondary N) is 2. The number of ether oxygens (including phenoxy) is 1. The van der Waals surface area contributed by atoms with Gasteiger partial charge in [0, 0.05) is 16.9 Å². The lowest BCUT2D eigenvalue weighted by molar-refractivity contribution is 0.101. The van der Waals surface area contributed by atoms with E-state index in [0.717, 1.165) is 5.56 Å². The molecule has 0 heterocycles. The molecule has 3 aromatic rings. The van der Waals surface area contributed by atoms with Crippen LogP contribution in [0.4, 0.5) is 15.8 Å². The van der Waals surface area contributed by atoms with Crippen molar-refractivity contribution in [3.63, 3.8) is 0 Å². The van der Waals surface area contributed by atoms with Gasteiger partial charge in [-0.2, -0.15) is 0 Å². The monoisotopic (exact) mass is 392 g/mol. The lowest BCUT2D eigenvalue weighted by Crippen LogP contribution is -2.15. The molecule has 0 unspecified atom stereocenters. The van der Waals surface area contributed by atoms with Crippen LogP contribution < -0.4 is 15.4 Å². The molecule has 29 heavy (non-hydrogen) atoms. The van der Waals surface area contributed by atoms with E-state index in [1.54, 1.807) is 60.7 Å². The van der Waals surface area contributed by atoms with Crippen molar-refractivity contribution in [3.8, 4) is 5.75 Å². The number of alkyl halides is 1. The fraction of sp³-hybridized carbons (Fsp3) is 0.130. The molecule has 5 nitrogen and oxygen atoms in total. The van der Waals surface area contributed by atoms with Crippen molar-refractivity contribution in [1.82, 2.24) is 0 Å². The van der Waals surface area contributed by atoms with Crippen LogP contribution in [0.15, 0.2) is 72.8 Å². The third-order valence-corrected chi connectivity index (χ3v) is 4.12. The Balaban J connectivity index is 1.72. The maximum absolute atomic E-state index is 12.6. The molecule has 0 aromatic heterocycles. The van der Waals surface area contributed by atoms with Crippen molar-refractivity contribution >= 4 is 23.2 Å². The molecular weight excluding hydrogens is 371 g/mol. The molecule has 0 bridgehead atoms. The maximum atomic E-state index is 12.6. The molecule has 0 aliphatic rings. The van der Waals surface area contributed by atoms with Crippen molar-refractivity contribution in [2.75, 3.05) is 23.9 Å². The van der Waals surface area contributed by atoms with Gasteiger partial charge in [0.25, 0.3) is 11.8 Å². The maximum Gasteiger partial charge on any atom is 0.259 e. The minimum atomic E-state index is -0.640. The lowest BCUT2D eigenvalue weighted by Gasteiger charge is -2.12. The van der Waals surface area contributed by atoms with E-state index in [1.165, 1.54) is 0 Å². The molecule has 3 rings (SSSR count). The number of hydrogen-bond acceptors (Lipinski definition) is 3. The van der Waals surface area contributed by atoms with Gasteiger partial charge in [0.1, 0.15) is 19.0 Å². The molecule has 0 saturated carbocycles. The summed E-state index contributed by atoms with van der Waals surface area (Å²) in [5, 5.41) is 5.60. The molecule has 3 aromatic carbocycles. The number of halogens is 1. The van der Waals surface area contributed by atoms with E-state index in [-0.39, 0.29) is 18.4 Å². The van der Waals surface area contributed by atoms with Crippen LogP contribution in [-0.4, -0.2) is 25.1 Å². The normalized spacial score (nSPS) is 10.3. The Labute approximate surface area is 168 Å². The van der Waals surface area contributed by atoms with Gasteiger partial charge in [-0.05, 0) is 49.4 Å². The smallest absolute Gasteiger partial charge is 0.259 e. The van der Waals surface area contributed by atoms with E-state index in [1.807, 2.05) is 19.1 Å². The van der Waals surface area contributed by atoms with Crippen molar-refractivity contribution in [3.05, 3.63) is 89.5 Å². The largest absolute Gasteiger partial charge is 0.490 e. The van der Waals surface area contributed by atoms with E-state index in [2.05, 4.69) is 10.6 Å². The number of carbonyl (C=O) groups excluding carboxylic acids is 2. The Kier molecular flexibility index (Phi) is 6.58. The number of anilines is 2. The molecule has 0 saturated heterocycles. The zero-order valence-corrected chi connectivity index (χ0v) is 15.9. The molecule has 0 spiro atoms. The molecule has 6 heteroatoms. The first-order valence-corrected chi connectivity index (χ1v) is 9.14. The molecule has 2 N–H and O–H groups in total. The summed E-state index contributed by atoms with van der Waals surface area (Å²) in [6.45, 7) is 1.16. The van der Waals surface area contributed by atoms with Gasteiger partial charge in [-0.3, -0.25) is 9.59 Å². The zero-order chi connectivity index (χ0) is 20.6. The minimum absolute atomic E-state index is 0.120. The Hall–Kier alpha value is -3.67. The number of carbonyl (C=O) groups is 2. The van der Waals surface area contributed by atoms with Crippen LogP contribution >= 0.6 is 0 Å². The molecule has 0 atom stereocenters. The number of aryl methyl sites for hydroxylation is 1. The van der Waals surface area contributed by atoms with Gasteiger partial charge in [0.2, 0.25) is 0 Å². The topological polar surface area (TPSA) is 67.4 Å². The van der Waals surface area contributed by atoms with Crippen molar-refractivity contribution < 1.29 is 18.7 Å². The average Bonchev–Trinajstić information content (AvgIpc) is 2.72. The van der Waals surface area contributed by atoms with Crippen LogP contribution in [0, 0.1) is 6.92 Å². The molecule has 148 valence electrons. The second-order valence-electron chi connectivity index (χ2n) is 6.39. The number of benzene rings is 3. The first-order valence-electron chi connectivity index (χ1n) is 9.14. The predicted molar refractivity (Wildman–Crippen MR) is 111 cm³/mol. The summed E-state index contributed by atoms with van der Waals surface area (Å²) < 4.78 is 17.7. The Morgan fingerprint density at radius 1 is 0.862 bits per heavy atom. The Bertz CT molecular complexity index is 1020. The van der Waals surface area contributed by atoms with Crippen molar-refractivity contribution in [2.24, 2.45) is 0 Å². The van der Waals surface area contributed by atoms with Gasteiger partial charge in [-0.25, -0.2) is 4.39 Å². The molecule has 0 fully saturated rings. The standard InChI is InChI=1S/C23H21FN2O3/c1-16-6-4-7-17(14-16)22(27)25-18-8-5-9-19(15-18)26-23(28)20-10-2-3-11-21(20)29-13-12-24/h2-11,14-15H,12-13H2,1H3,(H,25,27)(H,26,28). The van der Waals surface area contributed by atoms with Gasteiger partial charge in [0.05, 0.1) is 5.56 Å². The predicted octanol–water partition coefficient (Wildman–Crippen LogP) is 4.85. The van der Waals surface area contributed by atoms with Crippen molar-refractivity contribution in [2.45, 2.75) is 6.92 Å². The summed E-state index contributed by atoms with van der Waals surface area (Å²) in [6, 6.07) is 20.8. The molecule has 0 aliphatic heterocycles. The molecular formula is C23H21FN2O3. The molecule has 2 amide bonds. The van der Waals surface area contributed by atoms with Crippen LogP contribution in [0.25, 0.3) is 0 Å². The van der Waals surface area contributed by atoms with Crippen LogP contribution in [0.2, 0.25) is 0 Å². The highest BCUT2D eigenvalue weighted by Crippen LogP contribution is 2.21. The van der Waals surface area contributed by atoms with E-state index in [0.29, 0.717) is 28.3 Å². The van der Waals surface area contributed by atoms with Gasteiger partial charge >= 0.3 is 0 Å². The van der Waals surface area contributed by atoms with E-state index >= 15 is 0 Å². The van der Waals surface area contributed by atoms with Crippen LogP contribution in [-0.2, 0) is 0 Å². The Morgan fingerprint density at radius 2 is 1.55 bits per heavy atom. The highest BCUT2D eigenvalue weighted by Gasteiger charge is 2.13. The van der Waals surface area contributed by atoms with E-state index < -0.39 is 6.67 Å². The summed E-state index contributed by atoms with van der Waals surface area (Å²) in [6.07, 6.45) is 0. The summed E-state index contributed by atoms with van der Waals surface area (Å²) in [7, 11) is 0. The quantitative estimate of drug-likeness (QED) is 0.604. The van der Waals surface area contributed by atoms with Crippen LogP contribution in [0.1, 0.15) is 26.3 Å². The number of hydrogen-bond donors (Lipinski definition) is 2. The third kappa shape index (κ3) is 5.42. The summed E-state index contributed by atoms with van der Waals surface area (Å²) in [5.74, 6) is -0.310. The van der Waals surface area contributed by atoms with Gasteiger partial charge < -0.3 is 15.4 Å². The van der Waals surface area contributed by atoms with Gasteiger partial charge in [0.15, 0.2) is 0 Å². The average molecular weight is 392 g/mol. The van der Waals surface area contributed by atoms with Crippen LogP contribution in [0.3, 0.4) is 0 Å². The van der Waals surface area contributed by atoms with Gasteiger partial charge in [-0.1, -0.05) is 35.9 Å². The van der Waals surface area contributed by atoms with E-state index in [4.69, 9.17) is 4.74 Å². The second-order valence-corrected chi connectivity index (χ2v) is 6.39. The van der Waals surface area contributed by atoms with Crippen LogP contribution in [0.5, 0.6) is 5.75 Å². The summed E-state index contributed by atoms with van der Waals surface area (Å²) in [5.41, 5.74) is 2.91. The summed E-state index contributed by atoms with van der Waals surface area (Å²) >= 11 is 0. The SMILES string of the molecule is Cc1cccc(C(=O)Nc2cccc(NC(=O)c3ccccc3OCCF)c2)c1. The highest BCUT2D eigenvalue weighted by atomic mass is 19.1. The third-order valence-electron chi connectivity index (χ3n) is 4.12. The zero-order valence-electron chi connectivity index (χ0n) is 15.9. The number of para-hydroxylation sites is 1.